The minimum atomic E-state index is -0.0355. The number of pyridine rings is 2. The molecule has 0 saturated carbocycles. The fourth-order valence-electron chi connectivity index (χ4n) is 4.62. The maximum atomic E-state index is 12.7. The molecule has 178 valence electrons. The van der Waals surface area contributed by atoms with Crippen LogP contribution in [0.5, 0.6) is 0 Å². The summed E-state index contributed by atoms with van der Waals surface area (Å²) in [4.78, 5) is 21.5. The van der Waals surface area contributed by atoms with Gasteiger partial charge in [-0.25, -0.2) is 4.98 Å². The average molecular weight is 472 g/mol. The predicted molar refractivity (Wildman–Crippen MR) is 133 cm³/mol. The molecule has 2 aromatic heterocycles. The normalized spacial score (nSPS) is 20.3. The molecule has 0 spiro atoms. The summed E-state index contributed by atoms with van der Waals surface area (Å²) in [6, 6.07) is 1.86. The minimum absolute atomic E-state index is 0.00284. The highest BCUT2D eigenvalue weighted by Gasteiger charge is 2.27. The topological polar surface area (TPSA) is 88.2 Å². The van der Waals surface area contributed by atoms with Crippen molar-refractivity contribution in [1.29, 1.82) is 0 Å². The fraction of sp³-hybridized carbons (Fsp3) is 0.560. The number of carbonyl (C=O) groups is 1. The fourth-order valence-corrected chi connectivity index (χ4v) is 4.82. The van der Waals surface area contributed by atoms with E-state index in [0.29, 0.717) is 17.4 Å². The molecule has 33 heavy (non-hydrogen) atoms. The van der Waals surface area contributed by atoms with Crippen LogP contribution in [-0.4, -0.2) is 48.7 Å². The van der Waals surface area contributed by atoms with Crippen molar-refractivity contribution >= 4 is 29.0 Å². The Hall–Kier alpha value is -2.22. The number of amides is 1. The Kier molecular flexibility index (Phi) is 7.83. The molecule has 4 rings (SSSR count). The predicted octanol–water partition coefficient (Wildman–Crippen LogP) is 4.53. The number of nitrogens with zero attached hydrogens (tertiary/aromatic N) is 2. The molecule has 4 heterocycles. The van der Waals surface area contributed by atoms with Crippen molar-refractivity contribution in [2.24, 2.45) is 11.3 Å². The third kappa shape index (κ3) is 5.83. The minimum Gasteiger partial charge on any atom is -0.383 e. The van der Waals surface area contributed by atoms with Gasteiger partial charge in [-0.15, -0.1) is 0 Å². The Bertz CT molecular complexity index is 971. The summed E-state index contributed by atoms with van der Waals surface area (Å²) in [5.74, 6) is 0.476. The summed E-state index contributed by atoms with van der Waals surface area (Å²) in [5, 5.41) is 10.4. The first kappa shape index (κ1) is 23.9. The Labute approximate surface area is 201 Å². The van der Waals surface area contributed by atoms with E-state index in [1.807, 2.05) is 18.5 Å². The van der Waals surface area contributed by atoms with E-state index in [9.17, 15) is 4.79 Å². The van der Waals surface area contributed by atoms with Crippen LogP contribution in [0.15, 0.2) is 24.7 Å². The third-order valence-electron chi connectivity index (χ3n) is 6.88. The highest BCUT2D eigenvalue weighted by Crippen LogP contribution is 2.36. The lowest BCUT2D eigenvalue weighted by molar-refractivity contribution is -0.120. The van der Waals surface area contributed by atoms with E-state index in [1.54, 1.807) is 6.20 Å². The van der Waals surface area contributed by atoms with Gasteiger partial charge in [-0.05, 0) is 55.7 Å². The van der Waals surface area contributed by atoms with Gasteiger partial charge >= 0.3 is 0 Å². The molecule has 8 heteroatoms. The molecule has 7 nitrogen and oxygen atoms in total. The van der Waals surface area contributed by atoms with Gasteiger partial charge in [0.1, 0.15) is 5.82 Å². The first-order valence-electron chi connectivity index (χ1n) is 11.9. The lowest BCUT2D eigenvalue weighted by atomic mass is 9.82. The van der Waals surface area contributed by atoms with Crippen LogP contribution in [0, 0.1) is 11.3 Å². The number of hydrogen-bond acceptors (Lipinski definition) is 6. The van der Waals surface area contributed by atoms with Crippen molar-refractivity contribution < 1.29 is 9.53 Å². The molecule has 3 N–H and O–H groups in total. The lowest BCUT2D eigenvalue weighted by Gasteiger charge is -2.34. The number of anilines is 2. The zero-order valence-corrected chi connectivity index (χ0v) is 20.3. The Morgan fingerprint density at radius 1 is 1.27 bits per heavy atom. The summed E-state index contributed by atoms with van der Waals surface area (Å²) in [7, 11) is 0. The zero-order valence-electron chi connectivity index (χ0n) is 19.5. The summed E-state index contributed by atoms with van der Waals surface area (Å²) < 4.78 is 5.54. The van der Waals surface area contributed by atoms with E-state index >= 15 is 0 Å². The first-order valence-corrected chi connectivity index (χ1v) is 12.3. The van der Waals surface area contributed by atoms with Gasteiger partial charge in [-0.1, -0.05) is 25.4 Å². The van der Waals surface area contributed by atoms with Crippen molar-refractivity contribution in [3.8, 4) is 11.1 Å². The molecular weight excluding hydrogens is 438 g/mol. The summed E-state index contributed by atoms with van der Waals surface area (Å²) in [6.07, 6.45) is 10.2. The highest BCUT2D eigenvalue weighted by molar-refractivity contribution is 6.33. The first-order chi connectivity index (χ1) is 16.0. The molecule has 0 radical (unpaired) electrons. The van der Waals surface area contributed by atoms with Crippen LogP contribution in [0.25, 0.3) is 11.1 Å². The third-order valence-corrected chi connectivity index (χ3v) is 7.18. The molecule has 1 unspecified atom stereocenters. The van der Waals surface area contributed by atoms with Crippen LogP contribution in [0.3, 0.4) is 0 Å². The van der Waals surface area contributed by atoms with Gasteiger partial charge in [-0.2, -0.15) is 0 Å². The number of ether oxygens (including phenoxy) is 1. The molecule has 2 aromatic rings. The maximum absolute atomic E-state index is 12.7. The van der Waals surface area contributed by atoms with Crippen LogP contribution in [0.4, 0.5) is 11.5 Å². The Balaban J connectivity index is 1.55. The number of rotatable bonds is 7. The molecular formula is C25H34ClN5O2. The number of hydrogen-bond donors (Lipinski definition) is 3. The van der Waals surface area contributed by atoms with Crippen molar-refractivity contribution in [2.75, 3.05) is 43.5 Å². The number of halogens is 1. The number of carbonyl (C=O) groups excluding carboxylic acids is 1. The van der Waals surface area contributed by atoms with E-state index in [0.717, 1.165) is 80.8 Å². The second-order valence-electron chi connectivity index (χ2n) is 9.43. The second kappa shape index (κ2) is 10.8. The molecule has 2 fully saturated rings. The Morgan fingerprint density at radius 3 is 2.82 bits per heavy atom. The summed E-state index contributed by atoms with van der Waals surface area (Å²) in [6.45, 7) is 8.61. The molecule has 0 aliphatic carbocycles. The van der Waals surface area contributed by atoms with E-state index in [-0.39, 0.29) is 17.2 Å². The molecule has 2 aliphatic heterocycles. The highest BCUT2D eigenvalue weighted by atomic mass is 35.5. The van der Waals surface area contributed by atoms with Gasteiger partial charge in [0.25, 0.3) is 0 Å². The van der Waals surface area contributed by atoms with Gasteiger partial charge in [0, 0.05) is 49.8 Å². The van der Waals surface area contributed by atoms with E-state index in [2.05, 4.69) is 39.8 Å². The quantitative estimate of drug-likeness (QED) is 0.550. The molecule has 2 aliphatic rings. The van der Waals surface area contributed by atoms with Crippen LogP contribution in [-0.2, 0) is 16.0 Å². The summed E-state index contributed by atoms with van der Waals surface area (Å²) >= 11 is 6.57. The average Bonchev–Trinajstić information content (AvgIpc) is 2.84. The van der Waals surface area contributed by atoms with E-state index in [4.69, 9.17) is 16.3 Å². The molecule has 0 bridgehead atoms. The van der Waals surface area contributed by atoms with E-state index < -0.39 is 0 Å². The largest absolute Gasteiger partial charge is 0.383 e. The maximum Gasteiger partial charge on any atom is 0.229 e. The van der Waals surface area contributed by atoms with Crippen molar-refractivity contribution in [2.45, 2.75) is 46.0 Å². The monoisotopic (exact) mass is 471 g/mol. The molecule has 0 aromatic carbocycles. The van der Waals surface area contributed by atoms with Crippen LogP contribution in [0.1, 0.15) is 45.1 Å². The smallest absolute Gasteiger partial charge is 0.229 e. The van der Waals surface area contributed by atoms with Gasteiger partial charge in [-0.3, -0.25) is 9.78 Å². The van der Waals surface area contributed by atoms with Crippen LogP contribution >= 0.6 is 11.6 Å². The van der Waals surface area contributed by atoms with Gasteiger partial charge in [0.15, 0.2) is 0 Å². The molecule has 2 saturated heterocycles. The van der Waals surface area contributed by atoms with Crippen LogP contribution < -0.4 is 16.0 Å². The van der Waals surface area contributed by atoms with Gasteiger partial charge in [0.2, 0.25) is 5.91 Å². The number of nitrogens with one attached hydrogen (secondary N) is 3. The van der Waals surface area contributed by atoms with E-state index in [1.165, 1.54) is 0 Å². The standard InChI is InChI=1S/C25H34ClN5O2/c1-3-18-20(13-28-15-22(18)30-16-25(2)6-9-33-10-7-25)19-11-23(29-14-21(19)26)31-24(32)17-5-4-8-27-12-17/h11,13-15,17,27,30H,3-10,12,16H2,1-2H3,(H,29,31,32). The molecule has 1 amide bonds. The zero-order chi connectivity index (χ0) is 23.3. The molecule has 1 atom stereocenters. The van der Waals surface area contributed by atoms with Gasteiger partial charge < -0.3 is 20.7 Å². The summed E-state index contributed by atoms with van der Waals surface area (Å²) in [5.41, 5.74) is 4.17. The van der Waals surface area contributed by atoms with Crippen molar-refractivity contribution in [3.05, 3.63) is 35.2 Å². The lowest BCUT2D eigenvalue weighted by Crippen LogP contribution is -2.37. The van der Waals surface area contributed by atoms with Crippen molar-refractivity contribution in [3.63, 3.8) is 0 Å². The Morgan fingerprint density at radius 2 is 2.09 bits per heavy atom. The van der Waals surface area contributed by atoms with Crippen LogP contribution in [0.2, 0.25) is 5.02 Å². The van der Waals surface area contributed by atoms with Gasteiger partial charge in [0.05, 0.1) is 22.8 Å². The SMILES string of the molecule is CCc1c(NCC2(C)CCOCC2)cncc1-c1cc(NC(=O)C2CCCNC2)ncc1Cl. The number of piperidine rings is 1. The number of aromatic nitrogens is 2. The second-order valence-corrected chi connectivity index (χ2v) is 9.83. The van der Waals surface area contributed by atoms with Crippen molar-refractivity contribution in [1.82, 2.24) is 15.3 Å².